The van der Waals surface area contributed by atoms with Crippen molar-refractivity contribution < 1.29 is 14.3 Å². The van der Waals surface area contributed by atoms with E-state index < -0.39 is 0 Å². The van der Waals surface area contributed by atoms with Gasteiger partial charge in [-0.25, -0.2) is 0 Å². The molecule has 0 bridgehead atoms. The van der Waals surface area contributed by atoms with Gasteiger partial charge in [-0.2, -0.15) is 11.8 Å². The SMILES string of the molecule is COC(=O)C(C)CSCC(=O)N1CCCCC1. The lowest BCUT2D eigenvalue weighted by molar-refractivity contribution is -0.144. The predicted molar refractivity (Wildman–Crippen MR) is 68.9 cm³/mol. The zero-order valence-electron chi connectivity index (χ0n) is 10.6. The van der Waals surface area contributed by atoms with E-state index in [1.165, 1.54) is 25.3 Å². The van der Waals surface area contributed by atoms with Gasteiger partial charge in [-0.15, -0.1) is 0 Å². The summed E-state index contributed by atoms with van der Waals surface area (Å²) in [6, 6.07) is 0. The zero-order chi connectivity index (χ0) is 12.7. The van der Waals surface area contributed by atoms with E-state index in [1.54, 1.807) is 0 Å². The molecule has 1 unspecified atom stereocenters. The molecule has 1 atom stereocenters. The van der Waals surface area contributed by atoms with Gasteiger partial charge < -0.3 is 9.64 Å². The van der Waals surface area contributed by atoms with E-state index in [0.717, 1.165) is 25.9 Å². The summed E-state index contributed by atoms with van der Waals surface area (Å²) in [6.07, 6.45) is 3.47. The number of likely N-dealkylation sites (tertiary alicyclic amines) is 1. The molecule has 4 nitrogen and oxygen atoms in total. The third-order valence-corrected chi connectivity index (χ3v) is 4.09. The van der Waals surface area contributed by atoms with Crippen molar-refractivity contribution in [2.24, 2.45) is 5.92 Å². The van der Waals surface area contributed by atoms with Crippen LogP contribution in [0.15, 0.2) is 0 Å². The normalized spacial score (nSPS) is 17.6. The summed E-state index contributed by atoms with van der Waals surface area (Å²) in [6.45, 7) is 3.61. The molecule has 0 radical (unpaired) electrons. The van der Waals surface area contributed by atoms with Crippen molar-refractivity contribution in [3.05, 3.63) is 0 Å². The molecule has 5 heteroatoms. The van der Waals surface area contributed by atoms with Crippen LogP contribution in [0.5, 0.6) is 0 Å². The first-order valence-corrected chi connectivity index (χ1v) is 7.24. The van der Waals surface area contributed by atoms with Crippen molar-refractivity contribution in [2.45, 2.75) is 26.2 Å². The van der Waals surface area contributed by atoms with Crippen LogP contribution < -0.4 is 0 Å². The van der Waals surface area contributed by atoms with Crippen LogP contribution in [0.1, 0.15) is 26.2 Å². The number of methoxy groups -OCH3 is 1. The monoisotopic (exact) mass is 259 g/mol. The van der Waals surface area contributed by atoms with Gasteiger partial charge in [0.05, 0.1) is 18.8 Å². The first-order chi connectivity index (χ1) is 8.15. The number of rotatable bonds is 5. The number of carbonyl (C=O) groups excluding carboxylic acids is 2. The van der Waals surface area contributed by atoms with Gasteiger partial charge >= 0.3 is 5.97 Å². The number of carbonyl (C=O) groups is 2. The van der Waals surface area contributed by atoms with Crippen LogP contribution in [0.3, 0.4) is 0 Å². The second-order valence-corrected chi connectivity index (χ2v) is 5.41. The summed E-state index contributed by atoms with van der Waals surface area (Å²) in [7, 11) is 1.39. The molecule has 1 aliphatic rings. The van der Waals surface area contributed by atoms with Gasteiger partial charge in [0.15, 0.2) is 0 Å². The second kappa shape index (κ2) is 7.58. The minimum absolute atomic E-state index is 0.140. The Labute approximate surface area is 107 Å². The van der Waals surface area contributed by atoms with Crippen molar-refractivity contribution in [3.63, 3.8) is 0 Å². The van der Waals surface area contributed by atoms with Gasteiger partial charge in [0.25, 0.3) is 0 Å². The average molecular weight is 259 g/mol. The van der Waals surface area contributed by atoms with E-state index in [-0.39, 0.29) is 17.8 Å². The van der Waals surface area contributed by atoms with E-state index in [0.29, 0.717) is 11.5 Å². The Morgan fingerprint density at radius 1 is 1.29 bits per heavy atom. The minimum Gasteiger partial charge on any atom is -0.469 e. The second-order valence-electron chi connectivity index (χ2n) is 4.38. The maximum absolute atomic E-state index is 11.8. The Kier molecular flexibility index (Phi) is 6.40. The highest BCUT2D eigenvalue weighted by molar-refractivity contribution is 7.99. The number of hydrogen-bond donors (Lipinski definition) is 0. The van der Waals surface area contributed by atoms with Crippen molar-refractivity contribution >= 4 is 23.6 Å². The van der Waals surface area contributed by atoms with Crippen LogP contribution in [0, 0.1) is 5.92 Å². The molecule has 0 aromatic heterocycles. The molecule has 0 saturated carbocycles. The van der Waals surface area contributed by atoms with Gasteiger partial charge in [0.2, 0.25) is 5.91 Å². The maximum Gasteiger partial charge on any atom is 0.309 e. The molecule has 0 aliphatic carbocycles. The van der Waals surface area contributed by atoms with Crippen molar-refractivity contribution in [1.29, 1.82) is 0 Å². The third-order valence-electron chi connectivity index (χ3n) is 2.91. The molecule has 17 heavy (non-hydrogen) atoms. The highest BCUT2D eigenvalue weighted by Gasteiger charge is 2.18. The Morgan fingerprint density at radius 3 is 2.53 bits per heavy atom. The Hall–Kier alpha value is -0.710. The molecule has 0 aromatic rings. The van der Waals surface area contributed by atoms with Crippen molar-refractivity contribution in [2.75, 3.05) is 31.7 Å². The molecular weight excluding hydrogens is 238 g/mol. The summed E-state index contributed by atoms with van der Waals surface area (Å²) in [5.74, 6) is 0.974. The summed E-state index contributed by atoms with van der Waals surface area (Å²) in [5.41, 5.74) is 0. The minimum atomic E-state index is -0.206. The lowest BCUT2D eigenvalue weighted by Crippen LogP contribution is -2.36. The van der Waals surface area contributed by atoms with Crippen LogP contribution in [-0.2, 0) is 14.3 Å². The van der Waals surface area contributed by atoms with Gasteiger partial charge in [0, 0.05) is 18.8 Å². The van der Waals surface area contributed by atoms with Crippen LogP contribution in [0.4, 0.5) is 0 Å². The molecule has 1 amide bonds. The molecule has 0 N–H and O–H groups in total. The van der Waals surface area contributed by atoms with Crippen LogP contribution in [0.2, 0.25) is 0 Å². The van der Waals surface area contributed by atoms with E-state index in [1.807, 2.05) is 11.8 Å². The highest BCUT2D eigenvalue weighted by atomic mass is 32.2. The fourth-order valence-corrected chi connectivity index (χ4v) is 2.79. The number of ether oxygens (including phenoxy) is 1. The number of amides is 1. The van der Waals surface area contributed by atoms with Crippen LogP contribution in [0.25, 0.3) is 0 Å². The lowest BCUT2D eigenvalue weighted by Gasteiger charge is -2.26. The zero-order valence-corrected chi connectivity index (χ0v) is 11.4. The molecule has 1 saturated heterocycles. The van der Waals surface area contributed by atoms with Crippen LogP contribution >= 0.6 is 11.8 Å². The Bertz CT molecular complexity index is 264. The third kappa shape index (κ3) is 4.98. The predicted octanol–water partition coefficient (Wildman–Crippen LogP) is 1.54. The summed E-state index contributed by atoms with van der Waals surface area (Å²) < 4.78 is 4.64. The largest absolute Gasteiger partial charge is 0.469 e. The first-order valence-electron chi connectivity index (χ1n) is 6.08. The molecule has 0 aromatic carbocycles. The molecular formula is C12H21NO3S. The standard InChI is InChI=1S/C12H21NO3S/c1-10(12(15)16-2)8-17-9-11(14)13-6-4-3-5-7-13/h10H,3-9H2,1-2H3. The van der Waals surface area contributed by atoms with Gasteiger partial charge in [-0.1, -0.05) is 6.92 Å². The number of nitrogens with zero attached hydrogens (tertiary/aromatic N) is 1. The van der Waals surface area contributed by atoms with E-state index in [9.17, 15) is 9.59 Å². The Morgan fingerprint density at radius 2 is 1.94 bits per heavy atom. The quantitative estimate of drug-likeness (QED) is 0.703. The smallest absolute Gasteiger partial charge is 0.309 e. The van der Waals surface area contributed by atoms with Crippen LogP contribution in [-0.4, -0.2) is 48.5 Å². The van der Waals surface area contributed by atoms with Gasteiger partial charge in [0.1, 0.15) is 0 Å². The number of esters is 1. The number of hydrogen-bond acceptors (Lipinski definition) is 4. The number of thioether (sulfide) groups is 1. The molecule has 98 valence electrons. The first kappa shape index (κ1) is 14.4. The Balaban J connectivity index is 2.17. The molecule has 0 spiro atoms. The number of piperidine rings is 1. The molecule has 1 aliphatic heterocycles. The average Bonchev–Trinajstić information content (AvgIpc) is 2.38. The topological polar surface area (TPSA) is 46.6 Å². The van der Waals surface area contributed by atoms with E-state index in [2.05, 4.69) is 4.74 Å². The van der Waals surface area contributed by atoms with Crippen molar-refractivity contribution in [1.82, 2.24) is 4.90 Å². The maximum atomic E-state index is 11.8. The lowest BCUT2D eigenvalue weighted by atomic mass is 10.1. The highest BCUT2D eigenvalue weighted by Crippen LogP contribution is 2.13. The van der Waals surface area contributed by atoms with Crippen molar-refractivity contribution in [3.8, 4) is 0 Å². The molecule has 1 fully saturated rings. The van der Waals surface area contributed by atoms with E-state index >= 15 is 0 Å². The molecule has 1 rings (SSSR count). The van der Waals surface area contributed by atoms with E-state index in [4.69, 9.17) is 0 Å². The van der Waals surface area contributed by atoms with Gasteiger partial charge in [-0.05, 0) is 19.3 Å². The summed E-state index contributed by atoms with van der Waals surface area (Å²) in [5, 5.41) is 0. The molecule has 1 heterocycles. The van der Waals surface area contributed by atoms with Gasteiger partial charge in [-0.3, -0.25) is 9.59 Å². The fraction of sp³-hybridized carbons (Fsp3) is 0.833. The fourth-order valence-electron chi connectivity index (χ4n) is 1.83. The summed E-state index contributed by atoms with van der Waals surface area (Å²) >= 11 is 1.51. The summed E-state index contributed by atoms with van der Waals surface area (Å²) in [4.78, 5) is 24.9.